The van der Waals surface area contributed by atoms with Gasteiger partial charge in [-0.05, 0) is 6.42 Å². The lowest BCUT2D eigenvalue weighted by Crippen LogP contribution is -2.27. The second-order valence-corrected chi connectivity index (χ2v) is 2.77. The molecule has 1 aliphatic rings. The first-order valence-electron chi connectivity index (χ1n) is 3.81. The molecule has 4 heteroatoms. The van der Waals surface area contributed by atoms with E-state index in [1.165, 1.54) is 0 Å². The average molecular weight is 161 g/mol. The van der Waals surface area contributed by atoms with Crippen molar-refractivity contribution in [3.8, 4) is 0 Å². The molecule has 0 aromatic carbocycles. The van der Waals surface area contributed by atoms with Gasteiger partial charge in [0.05, 0.1) is 12.7 Å². The Kier molecular flexibility index (Phi) is 3.79. The normalized spacial score (nSPS) is 31.1. The third-order valence-electron chi connectivity index (χ3n) is 1.72. The fourth-order valence-corrected chi connectivity index (χ4v) is 1.20. The summed E-state index contributed by atoms with van der Waals surface area (Å²) in [5.74, 6) is 0. The van der Waals surface area contributed by atoms with Gasteiger partial charge in [0, 0.05) is 19.7 Å². The lowest BCUT2D eigenvalue weighted by Gasteiger charge is -2.09. The van der Waals surface area contributed by atoms with Gasteiger partial charge in [-0.15, -0.1) is 0 Å². The van der Waals surface area contributed by atoms with Crippen LogP contribution in [-0.4, -0.2) is 44.3 Å². The lowest BCUT2D eigenvalue weighted by molar-refractivity contribution is -0.0371. The maximum atomic E-state index is 9.11. The number of hydrogen-bond acceptors (Lipinski definition) is 4. The van der Waals surface area contributed by atoms with Gasteiger partial charge >= 0.3 is 0 Å². The molecule has 0 aliphatic carbocycles. The van der Waals surface area contributed by atoms with Crippen LogP contribution in [0.25, 0.3) is 0 Å². The van der Waals surface area contributed by atoms with Gasteiger partial charge in [-0.3, -0.25) is 0 Å². The van der Waals surface area contributed by atoms with E-state index >= 15 is 0 Å². The van der Waals surface area contributed by atoms with Crippen LogP contribution in [0.2, 0.25) is 0 Å². The first kappa shape index (κ1) is 8.93. The number of β-amino-alcohol motifs (C(OH)–C–C–N with tert-alkyl or cyclic N) is 1. The molecule has 0 radical (unpaired) electrons. The van der Waals surface area contributed by atoms with Crippen LogP contribution in [0, 0.1) is 0 Å². The maximum absolute atomic E-state index is 9.11. The zero-order valence-corrected chi connectivity index (χ0v) is 6.75. The van der Waals surface area contributed by atoms with Crippen LogP contribution in [0.1, 0.15) is 6.42 Å². The fourth-order valence-electron chi connectivity index (χ4n) is 1.20. The molecule has 0 aromatic rings. The molecule has 1 saturated heterocycles. The summed E-state index contributed by atoms with van der Waals surface area (Å²) in [4.78, 5) is 0. The third kappa shape index (κ3) is 3.16. The molecule has 1 aliphatic heterocycles. The van der Waals surface area contributed by atoms with Crippen molar-refractivity contribution >= 4 is 0 Å². The molecule has 1 rings (SSSR count). The number of rotatable bonds is 4. The van der Waals surface area contributed by atoms with Crippen molar-refractivity contribution in [1.29, 1.82) is 0 Å². The predicted molar refractivity (Wildman–Crippen MR) is 40.2 cm³/mol. The van der Waals surface area contributed by atoms with E-state index in [0.29, 0.717) is 26.0 Å². The van der Waals surface area contributed by atoms with Crippen molar-refractivity contribution in [1.82, 2.24) is 5.32 Å². The Labute approximate surface area is 66.5 Å². The van der Waals surface area contributed by atoms with Crippen LogP contribution in [0.3, 0.4) is 0 Å². The van der Waals surface area contributed by atoms with Gasteiger partial charge in [0.15, 0.2) is 0 Å². The van der Waals surface area contributed by atoms with E-state index in [1.54, 1.807) is 7.11 Å². The van der Waals surface area contributed by atoms with Crippen molar-refractivity contribution in [2.75, 3.05) is 27.1 Å². The van der Waals surface area contributed by atoms with E-state index in [2.05, 4.69) is 5.32 Å². The molecular weight excluding hydrogens is 146 g/mol. The highest BCUT2D eigenvalue weighted by atomic mass is 16.7. The Morgan fingerprint density at radius 2 is 2.45 bits per heavy atom. The van der Waals surface area contributed by atoms with Crippen molar-refractivity contribution in [3.63, 3.8) is 0 Å². The zero-order chi connectivity index (χ0) is 8.10. The second kappa shape index (κ2) is 4.66. The molecule has 2 atom stereocenters. The predicted octanol–water partition coefficient (Wildman–Crippen LogP) is -0.670. The van der Waals surface area contributed by atoms with Gasteiger partial charge in [0.25, 0.3) is 0 Å². The number of hydrogen-bond donors (Lipinski definition) is 2. The summed E-state index contributed by atoms with van der Waals surface area (Å²) in [5.41, 5.74) is 0. The van der Waals surface area contributed by atoms with Gasteiger partial charge in [-0.1, -0.05) is 0 Å². The van der Waals surface area contributed by atoms with E-state index in [0.717, 1.165) is 6.42 Å². The minimum absolute atomic E-state index is 0.203. The molecule has 0 aromatic heterocycles. The highest BCUT2D eigenvalue weighted by Gasteiger charge is 2.21. The molecule has 0 spiro atoms. The van der Waals surface area contributed by atoms with E-state index in [9.17, 15) is 0 Å². The Morgan fingerprint density at radius 1 is 1.64 bits per heavy atom. The average Bonchev–Trinajstić information content (AvgIpc) is 2.37. The van der Waals surface area contributed by atoms with Crippen LogP contribution in [0.15, 0.2) is 0 Å². The standard InChI is InChI=1S/C7H15NO3/c1-10-5-11-4-6-2-7(9)3-8-6/h6-9H,2-5H2,1H3. The molecule has 0 amide bonds. The zero-order valence-electron chi connectivity index (χ0n) is 6.75. The van der Waals surface area contributed by atoms with Crippen LogP contribution in [0.5, 0.6) is 0 Å². The van der Waals surface area contributed by atoms with Crippen LogP contribution in [0.4, 0.5) is 0 Å². The Bertz CT molecular complexity index is 110. The summed E-state index contributed by atoms with van der Waals surface area (Å²) in [6.07, 6.45) is 0.579. The number of ether oxygens (including phenoxy) is 2. The number of aliphatic hydroxyl groups is 1. The minimum atomic E-state index is -0.203. The first-order valence-corrected chi connectivity index (χ1v) is 3.81. The van der Waals surface area contributed by atoms with Crippen LogP contribution < -0.4 is 5.32 Å². The van der Waals surface area contributed by atoms with E-state index < -0.39 is 0 Å². The minimum Gasteiger partial charge on any atom is -0.392 e. The summed E-state index contributed by atoms with van der Waals surface area (Å²) in [6.45, 7) is 1.63. The second-order valence-electron chi connectivity index (χ2n) is 2.77. The van der Waals surface area contributed by atoms with Crippen LogP contribution >= 0.6 is 0 Å². The van der Waals surface area contributed by atoms with Crippen molar-refractivity contribution in [3.05, 3.63) is 0 Å². The quantitative estimate of drug-likeness (QED) is 0.424. The molecule has 0 saturated carbocycles. The summed E-state index contributed by atoms with van der Waals surface area (Å²) in [5, 5.41) is 12.2. The van der Waals surface area contributed by atoms with Crippen molar-refractivity contribution < 1.29 is 14.6 Å². The number of aliphatic hydroxyl groups excluding tert-OH is 1. The summed E-state index contributed by atoms with van der Waals surface area (Å²) < 4.78 is 9.84. The van der Waals surface area contributed by atoms with Crippen molar-refractivity contribution in [2.24, 2.45) is 0 Å². The highest BCUT2D eigenvalue weighted by molar-refractivity contribution is 4.80. The molecule has 66 valence electrons. The van der Waals surface area contributed by atoms with Gasteiger partial charge in [0.2, 0.25) is 0 Å². The van der Waals surface area contributed by atoms with E-state index in [1.807, 2.05) is 0 Å². The molecule has 0 bridgehead atoms. The van der Waals surface area contributed by atoms with Gasteiger partial charge in [0.1, 0.15) is 6.79 Å². The largest absolute Gasteiger partial charge is 0.392 e. The summed E-state index contributed by atoms with van der Waals surface area (Å²) in [6, 6.07) is 0.292. The van der Waals surface area contributed by atoms with Crippen LogP contribution in [-0.2, 0) is 9.47 Å². The molecule has 2 N–H and O–H groups in total. The molecular formula is C7H15NO3. The summed E-state index contributed by atoms with van der Waals surface area (Å²) in [7, 11) is 1.59. The molecule has 1 fully saturated rings. The molecule has 1 heterocycles. The monoisotopic (exact) mass is 161 g/mol. The third-order valence-corrected chi connectivity index (χ3v) is 1.72. The van der Waals surface area contributed by atoms with Gasteiger partial charge in [-0.25, -0.2) is 0 Å². The Hall–Kier alpha value is -0.160. The van der Waals surface area contributed by atoms with Crippen molar-refractivity contribution in [2.45, 2.75) is 18.6 Å². The molecule has 2 unspecified atom stereocenters. The van der Waals surface area contributed by atoms with E-state index in [4.69, 9.17) is 14.6 Å². The summed E-state index contributed by atoms with van der Waals surface area (Å²) >= 11 is 0. The molecule has 11 heavy (non-hydrogen) atoms. The smallest absolute Gasteiger partial charge is 0.146 e. The van der Waals surface area contributed by atoms with Gasteiger partial charge < -0.3 is 19.9 Å². The topological polar surface area (TPSA) is 50.7 Å². The Balaban J connectivity index is 1.99. The SMILES string of the molecule is COCOCC1CC(O)CN1. The fraction of sp³-hybridized carbons (Fsp3) is 1.00. The lowest BCUT2D eigenvalue weighted by atomic mass is 10.2. The first-order chi connectivity index (χ1) is 5.33. The Morgan fingerprint density at radius 3 is 3.00 bits per heavy atom. The highest BCUT2D eigenvalue weighted by Crippen LogP contribution is 2.05. The number of nitrogens with one attached hydrogen (secondary N) is 1. The van der Waals surface area contributed by atoms with E-state index in [-0.39, 0.29) is 6.10 Å². The number of methoxy groups -OCH3 is 1. The maximum Gasteiger partial charge on any atom is 0.146 e. The molecule has 4 nitrogen and oxygen atoms in total. The van der Waals surface area contributed by atoms with Gasteiger partial charge in [-0.2, -0.15) is 0 Å².